The Morgan fingerprint density at radius 1 is 0.333 bits per heavy atom. The molecule has 0 fully saturated rings. The molecule has 1 nitrogen and oxygen atoms in total. The third-order valence-corrected chi connectivity index (χ3v) is 10.3. The molecule has 0 aliphatic heterocycles. The van der Waals surface area contributed by atoms with E-state index >= 15 is 0 Å². The highest BCUT2D eigenvalue weighted by Gasteiger charge is 2.18. The van der Waals surface area contributed by atoms with E-state index in [1.54, 1.807) is 0 Å². The fourth-order valence-electron chi connectivity index (χ4n) is 7.93. The molecule has 0 aliphatic rings. The van der Waals surface area contributed by atoms with Crippen molar-refractivity contribution in [1.29, 1.82) is 0 Å². The molecule has 0 amide bonds. The first-order valence-electron chi connectivity index (χ1n) is 20.9. The summed E-state index contributed by atoms with van der Waals surface area (Å²) in [5, 5.41) is 9.02. The Hall–Kier alpha value is -6.70. The molecule has 51 heavy (non-hydrogen) atoms. The molecular weight excluding hydrogens is 617 g/mol. The van der Waals surface area contributed by atoms with Crippen LogP contribution in [0.3, 0.4) is 0 Å². The van der Waals surface area contributed by atoms with E-state index in [0.717, 1.165) is 65.4 Å². The standard InChI is InChI=1S/C50H30O/c1-3-11-38-32(9-1)19-22-36-29-37(23-26-39(36)38)49-43-15-7-5-13-41(43)48(42-14-6-8-16-44(42)49)34-20-17-31(18-21-34)35-25-27-46-45(30-35)50-40-12-4-2-10-33(40)24-28-47(50)51-46/h1-30H/i5D,6D,7D,8D,13D,14D,15D,16D. The van der Waals surface area contributed by atoms with Crippen molar-refractivity contribution in [3.63, 3.8) is 0 Å². The largest absolute Gasteiger partial charge is 0.456 e. The van der Waals surface area contributed by atoms with Gasteiger partial charge in [-0.25, -0.2) is 0 Å². The van der Waals surface area contributed by atoms with E-state index < -0.39 is 24.2 Å². The van der Waals surface area contributed by atoms with Crippen LogP contribution < -0.4 is 0 Å². The lowest BCUT2D eigenvalue weighted by atomic mass is 9.85. The van der Waals surface area contributed by atoms with Crippen molar-refractivity contribution >= 4 is 75.8 Å². The molecule has 1 aromatic heterocycles. The third kappa shape index (κ3) is 4.28. The molecule has 0 atom stereocenters. The Balaban J connectivity index is 1.19. The smallest absolute Gasteiger partial charge is 0.136 e. The molecule has 11 aromatic rings. The summed E-state index contributed by atoms with van der Waals surface area (Å²) in [6.45, 7) is 0. The first-order chi connectivity index (χ1) is 28.6. The molecule has 11 rings (SSSR count). The van der Waals surface area contributed by atoms with Gasteiger partial charge in [-0.3, -0.25) is 0 Å². The van der Waals surface area contributed by atoms with Gasteiger partial charge in [-0.2, -0.15) is 0 Å². The molecule has 1 heterocycles. The summed E-state index contributed by atoms with van der Waals surface area (Å²) in [6.07, 6.45) is 0. The fraction of sp³-hybridized carbons (Fsp3) is 0. The number of hydrogen-bond donors (Lipinski definition) is 0. The molecule has 0 radical (unpaired) electrons. The van der Waals surface area contributed by atoms with Crippen LogP contribution >= 0.6 is 0 Å². The van der Waals surface area contributed by atoms with Crippen molar-refractivity contribution in [3.05, 3.63) is 182 Å². The molecule has 0 bridgehead atoms. The van der Waals surface area contributed by atoms with Crippen LogP contribution in [0.4, 0.5) is 0 Å². The topological polar surface area (TPSA) is 13.1 Å². The SMILES string of the molecule is [2H]c1c([2H])c([2H])c2c(-c3ccc4c(ccc5ccccc54)c3)c3c([2H])c([2H])c([2H])c([2H])c3c(-c3ccc(-c4ccc5oc6ccc7ccccc7c6c5c4)cc3)c2c1[2H]. The minimum atomic E-state index is -0.426. The quantitative estimate of drug-likeness (QED) is 0.136. The van der Waals surface area contributed by atoms with Gasteiger partial charge < -0.3 is 4.42 Å². The van der Waals surface area contributed by atoms with Crippen LogP contribution in [-0.4, -0.2) is 0 Å². The minimum Gasteiger partial charge on any atom is -0.456 e. The average molecular weight is 655 g/mol. The lowest BCUT2D eigenvalue weighted by Crippen LogP contribution is -1.91. The molecule has 0 unspecified atom stereocenters. The van der Waals surface area contributed by atoms with Gasteiger partial charge in [-0.1, -0.05) is 158 Å². The van der Waals surface area contributed by atoms with Gasteiger partial charge in [0.1, 0.15) is 11.2 Å². The van der Waals surface area contributed by atoms with Gasteiger partial charge in [0.2, 0.25) is 0 Å². The van der Waals surface area contributed by atoms with Gasteiger partial charge in [-0.05, 0) is 112 Å². The Kier molecular flexibility index (Phi) is 4.57. The third-order valence-electron chi connectivity index (χ3n) is 10.3. The summed E-state index contributed by atoms with van der Waals surface area (Å²) in [5.41, 5.74) is 5.19. The predicted octanol–water partition coefficient (Wildman–Crippen LogP) is 14.4. The van der Waals surface area contributed by atoms with E-state index in [-0.39, 0.29) is 45.7 Å². The number of rotatable bonds is 3. The van der Waals surface area contributed by atoms with E-state index in [2.05, 4.69) is 30.3 Å². The van der Waals surface area contributed by atoms with Crippen LogP contribution in [0, 0.1) is 0 Å². The van der Waals surface area contributed by atoms with Gasteiger partial charge in [0.05, 0.1) is 11.0 Å². The van der Waals surface area contributed by atoms with Gasteiger partial charge in [-0.15, -0.1) is 0 Å². The highest BCUT2D eigenvalue weighted by atomic mass is 16.3. The monoisotopic (exact) mass is 654 g/mol. The molecule has 10 aromatic carbocycles. The first kappa shape index (κ1) is 21.4. The second-order valence-electron chi connectivity index (χ2n) is 13.0. The zero-order chi connectivity index (χ0) is 40.4. The zero-order valence-electron chi connectivity index (χ0n) is 35.1. The van der Waals surface area contributed by atoms with Crippen molar-refractivity contribution in [2.45, 2.75) is 0 Å². The van der Waals surface area contributed by atoms with Gasteiger partial charge in [0.25, 0.3) is 0 Å². The average Bonchev–Trinajstić information content (AvgIpc) is 3.66. The Morgan fingerprint density at radius 2 is 0.843 bits per heavy atom. The van der Waals surface area contributed by atoms with Crippen molar-refractivity contribution in [3.8, 4) is 33.4 Å². The zero-order valence-corrected chi connectivity index (χ0v) is 27.1. The lowest BCUT2D eigenvalue weighted by molar-refractivity contribution is 0.669. The van der Waals surface area contributed by atoms with E-state index in [9.17, 15) is 5.48 Å². The first-order valence-corrected chi connectivity index (χ1v) is 16.9. The van der Waals surface area contributed by atoms with Gasteiger partial charge in [0.15, 0.2) is 0 Å². The Labute approximate surface area is 305 Å². The molecule has 0 N–H and O–H groups in total. The van der Waals surface area contributed by atoms with Crippen LogP contribution in [0.25, 0.3) is 109 Å². The number of furan rings is 1. The Bertz CT molecular complexity index is 3560. The molecule has 1 heteroatoms. The van der Waals surface area contributed by atoms with Crippen molar-refractivity contribution in [2.24, 2.45) is 0 Å². The van der Waals surface area contributed by atoms with E-state index in [4.69, 9.17) is 9.90 Å². The number of fused-ring (bicyclic) bond motifs is 10. The van der Waals surface area contributed by atoms with Crippen LogP contribution in [0.5, 0.6) is 0 Å². The molecular formula is C50H30O. The summed E-state index contributed by atoms with van der Waals surface area (Å²) in [7, 11) is 0. The lowest BCUT2D eigenvalue weighted by Gasteiger charge is -2.18. The fourth-order valence-corrected chi connectivity index (χ4v) is 7.93. The molecule has 0 saturated carbocycles. The molecule has 0 aliphatic carbocycles. The van der Waals surface area contributed by atoms with Crippen LogP contribution in [0.1, 0.15) is 11.0 Å². The molecule has 236 valence electrons. The Morgan fingerprint density at radius 3 is 1.57 bits per heavy atom. The van der Waals surface area contributed by atoms with E-state index in [1.807, 2.05) is 103 Å². The number of hydrogen-bond acceptors (Lipinski definition) is 1. The maximum atomic E-state index is 9.36. The summed E-state index contributed by atoms with van der Waals surface area (Å²) in [6, 6.07) is 41.0. The van der Waals surface area contributed by atoms with Crippen molar-refractivity contribution in [1.82, 2.24) is 0 Å². The van der Waals surface area contributed by atoms with Crippen LogP contribution in [0.15, 0.2) is 186 Å². The highest BCUT2D eigenvalue weighted by molar-refractivity contribution is 6.22. The minimum absolute atomic E-state index is 0.188. The maximum Gasteiger partial charge on any atom is 0.136 e. The summed E-state index contributed by atoms with van der Waals surface area (Å²) >= 11 is 0. The summed E-state index contributed by atoms with van der Waals surface area (Å²) in [5.74, 6) is 0. The second kappa shape index (κ2) is 10.9. The molecule has 0 spiro atoms. The van der Waals surface area contributed by atoms with E-state index in [0.29, 0.717) is 22.3 Å². The molecule has 0 saturated heterocycles. The van der Waals surface area contributed by atoms with E-state index in [1.165, 1.54) is 0 Å². The summed E-state index contributed by atoms with van der Waals surface area (Å²) in [4.78, 5) is 0. The number of benzene rings is 10. The summed E-state index contributed by atoms with van der Waals surface area (Å²) < 4.78 is 78.9. The van der Waals surface area contributed by atoms with Crippen molar-refractivity contribution < 1.29 is 15.4 Å². The van der Waals surface area contributed by atoms with Crippen LogP contribution in [0.2, 0.25) is 0 Å². The van der Waals surface area contributed by atoms with Gasteiger partial charge in [0, 0.05) is 10.8 Å². The maximum absolute atomic E-state index is 9.36. The predicted molar refractivity (Wildman–Crippen MR) is 218 cm³/mol. The highest BCUT2D eigenvalue weighted by Crippen LogP contribution is 2.45. The normalized spacial score (nSPS) is 14.1. The van der Waals surface area contributed by atoms with Crippen molar-refractivity contribution in [2.75, 3.05) is 0 Å². The van der Waals surface area contributed by atoms with Gasteiger partial charge >= 0.3 is 0 Å². The second-order valence-corrected chi connectivity index (χ2v) is 13.0. The van der Waals surface area contributed by atoms with Crippen LogP contribution in [-0.2, 0) is 0 Å².